The highest BCUT2D eigenvalue weighted by molar-refractivity contribution is 9.10. The second-order valence-corrected chi connectivity index (χ2v) is 5.33. The second-order valence-electron chi connectivity index (χ2n) is 4.41. The van der Waals surface area contributed by atoms with E-state index in [4.69, 9.17) is 0 Å². The summed E-state index contributed by atoms with van der Waals surface area (Å²) in [7, 11) is 1.64. The molecule has 1 heterocycles. The van der Waals surface area contributed by atoms with Crippen LogP contribution in [0.5, 0.6) is 0 Å². The molecule has 1 amide bonds. The standard InChI is InChI=1S/C15H16BrN3O/c1-17-15(20)7-11-2-4-14(5-3-11)19-9-12-6-13(16)10-18-8-12/h2-6,8,10,19H,7,9H2,1H3,(H,17,20). The Hall–Kier alpha value is -1.88. The van der Waals surface area contributed by atoms with Crippen molar-refractivity contribution in [1.82, 2.24) is 10.3 Å². The van der Waals surface area contributed by atoms with Crippen LogP contribution in [0.3, 0.4) is 0 Å². The van der Waals surface area contributed by atoms with Crippen molar-refractivity contribution in [3.8, 4) is 0 Å². The number of hydrogen-bond donors (Lipinski definition) is 2. The maximum atomic E-state index is 11.3. The summed E-state index contributed by atoms with van der Waals surface area (Å²) in [5.41, 5.74) is 3.12. The normalized spacial score (nSPS) is 10.1. The molecule has 20 heavy (non-hydrogen) atoms. The third-order valence-corrected chi connectivity index (χ3v) is 3.29. The number of nitrogens with zero attached hydrogens (tertiary/aromatic N) is 1. The molecule has 0 bridgehead atoms. The summed E-state index contributed by atoms with van der Waals surface area (Å²) in [5, 5.41) is 5.94. The van der Waals surface area contributed by atoms with Crippen LogP contribution >= 0.6 is 15.9 Å². The zero-order valence-electron chi connectivity index (χ0n) is 11.2. The van der Waals surface area contributed by atoms with Gasteiger partial charge in [0.15, 0.2) is 0 Å². The summed E-state index contributed by atoms with van der Waals surface area (Å²) in [6, 6.07) is 9.89. The van der Waals surface area contributed by atoms with Crippen LogP contribution in [0.1, 0.15) is 11.1 Å². The lowest BCUT2D eigenvalue weighted by molar-refractivity contribution is -0.119. The summed E-state index contributed by atoms with van der Waals surface area (Å²) in [6.45, 7) is 0.710. The summed E-state index contributed by atoms with van der Waals surface area (Å²) in [6.07, 6.45) is 4.00. The number of hydrogen-bond acceptors (Lipinski definition) is 3. The van der Waals surface area contributed by atoms with Gasteiger partial charge in [0.2, 0.25) is 5.91 Å². The molecule has 0 saturated carbocycles. The van der Waals surface area contributed by atoms with Crippen LogP contribution < -0.4 is 10.6 Å². The molecular weight excluding hydrogens is 318 g/mol. The average Bonchev–Trinajstić information content (AvgIpc) is 2.46. The monoisotopic (exact) mass is 333 g/mol. The first-order valence-corrected chi connectivity index (χ1v) is 7.09. The maximum Gasteiger partial charge on any atom is 0.224 e. The Labute approximate surface area is 126 Å². The minimum absolute atomic E-state index is 0.0194. The van der Waals surface area contributed by atoms with E-state index < -0.39 is 0 Å². The molecule has 5 heteroatoms. The molecule has 2 rings (SSSR count). The van der Waals surface area contributed by atoms with Crippen LogP contribution in [0, 0.1) is 0 Å². The molecule has 0 aliphatic heterocycles. The molecule has 0 saturated heterocycles. The molecule has 2 N–H and O–H groups in total. The second kappa shape index (κ2) is 7.05. The Kier molecular flexibility index (Phi) is 5.12. The highest BCUT2D eigenvalue weighted by Gasteiger charge is 2.01. The van der Waals surface area contributed by atoms with E-state index in [1.165, 1.54) is 0 Å². The molecule has 0 spiro atoms. The Bertz CT molecular complexity index is 584. The lowest BCUT2D eigenvalue weighted by Gasteiger charge is -2.07. The highest BCUT2D eigenvalue weighted by Crippen LogP contribution is 2.13. The molecule has 0 atom stereocenters. The quantitative estimate of drug-likeness (QED) is 0.884. The van der Waals surface area contributed by atoms with Crippen LogP contribution in [0.25, 0.3) is 0 Å². The van der Waals surface area contributed by atoms with Crippen molar-refractivity contribution in [3.63, 3.8) is 0 Å². The fourth-order valence-electron chi connectivity index (χ4n) is 1.77. The van der Waals surface area contributed by atoms with Gasteiger partial charge in [-0.1, -0.05) is 12.1 Å². The van der Waals surface area contributed by atoms with Crippen LogP contribution in [0.2, 0.25) is 0 Å². The van der Waals surface area contributed by atoms with Gasteiger partial charge in [-0.25, -0.2) is 0 Å². The molecule has 104 valence electrons. The van der Waals surface area contributed by atoms with Crippen molar-refractivity contribution in [2.24, 2.45) is 0 Å². The van der Waals surface area contributed by atoms with E-state index in [0.29, 0.717) is 13.0 Å². The Balaban J connectivity index is 1.92. The van der Waals surface area contributed by atoms with Gasteiger partial charge in [0.05, 0.1) is 6.42 Å². The zero-order chi connectivity index (χ0) is 14.4. The SMILES string of the molecule is CNC(=O)Cc1ccc(NCc2cncc(Br)c2)cc1. The number of amides is 1. The van der Waals surface area contributed by atoms with Crippen molar-refractivity contribution in [2.75, 3.05) is 12.4 Å². The van der Waals surface area contributed by atoms with Crippen molar-refractivity contribution < 1.29 is 4.79 Å². The first kappa shape index (κ1) is 14.5. The molecule has 4 nitrogen and oxygen atoms in total. The predicted molar refractivity (Wildman–Crippen MR) is 83.5 cm³/mol. The molecule has 0 unspecified atom stereocenters. The largest absolute Gasteiger partial charge is 0.381 e. The van der Waals surface area contributed by atoms with E-state index in [0.717, 1.165) is 21.3 Å². The number of pyridine rings is 1. The first-order valence-electron chi connectivity index (χ1n) is 6.30. The van der Waals surface area contributed by atoms with E-state index in [2.05, 4.69) is 31.5 Å². The van der Waals surface area contributed by atoms with Crippen molar-refractivity contribution >= 4 is 27.5 Å². The van der Waals surface area contributed by atoms with E-state index in [1.54, 1.807) is 13.2 Å². The number of aromatic nitrogens is 1. The van der Waals surface area contributed by atoms with Gasteiger partial charge in [-0.05, 0) is 45.3 Å². The van der Waals surface area contributed by atoms with Crippen molar-refractivity contribution in [3.05, 3.63) is 58.3 Å². The molecular formula is C15H16BrN3O. The predicted octanol–water partition coefficient (Wildman–Crippen LogP) is 2.74. The van der Waals surface area contributed by atoms with Gasteiger partial charge in [0.1, 0.15) is 0 Å². The smallest absolute Gasteiger partial charge is 0.224 e. The van der Waals surface area contributed by atoms with Crippen LogP contribution in [-0.4, -0.2) is 17.9 Å². The topological polar surface area (TPSA) is 54.0 Å². The van der Waals surface area contributed by atoms with Gasteiger partial charge in [-0.2, -0.15) is 0 Å². The van der Waals surface area contributed by atoms with Crippen LogP contribution in [0.15, 0.2) is 47.2 Å². The molecule has 2 aromatic rings. The van der Waals surface area contributed by atoms with Crippen LogP contribution in [-0.2, 0) is 17.8 Å². The maximum absolute atomic E-state index is 11.3. The third-order valence-electron chi connectivity index (χ3n) is 2.86. The summed E-state index contributed by atoms with van der Waals surface area (Å²) >= 11 is 3.40. The molecule has 1 aromatic heterocycles. The van der Waals surface area contributed by atoms with Gasteiger partial charge >= 0.3 is 0 Å². The number of carbonyl (C=O) groups is 1. The number of halogens is 1. The van der Waals surface area contributed by atoms with Gasteiger partial charge in [0.25, 0.3) is 0 Å². The van der Waals surface area contributed by atoms with E-state index in [9.17, 15) is 4.79 Å². The Morgan fingerprint density at radius 3 is 2.60 bits per heavy atom. The lowest BCUT2D eigenvalue weighted by Crippen LogP contribution is -2.19. The number of rotatable bonds is 5. The number of nitrogens with one attached hydrogen (secondary N) is 2. The van der Waals surface area contributed by atoms with Gasteiger partial charge in [-0.3, -0.25) is 9.78 Å². The minimum Gasteiger partial charge on any atom is -0.381 e. The molecule has 1 aromatic carbocycles. The van der Waals surface area contributed by atoms with E-state index in [1.807, 2.05) is 36.5 Å². The fourth-order valence-corrected chi connectivity index (χ4v) is 2.18. The van der Waals surface area contributed by atoms with Crippen molar-refractivity contribution in [1.29, 1.82) is 0 Å². The average molecular weight is 334 g/mol. The summed E-state index contributed by atoms with van der Waals surface area (Å²) in [4.78, 5) is 15.4. The Morgan fingerprint density at radius 1 is 1.20 bits per heavy atom. The van der Waals surface area contributed by atoms with Gasteiger partial charge in [0, 0.05) is 36.1 Å². The molecule has 0 fully saturated rings. The Morgan fingerprint density at radius 2 is 1.95 bits per heavy atom. The number of likely N-dealkylation sites (N-methyl/N-ethyl adjacent to an activating group) is 1. The number of benzene rings is 1. The molecule has 0 radical (unpaired) electrons. The summed E-state index contributed by atoms with van der Waals surface area (Å²) < 4.78 is 0.970. The minimum atomic E-state index is 0.0194. The lowest BCUT2D eigenvalue weighted by atomic mass is 10.1. The number of carbonyl (C=O) groups excluding carboxylic acids is 1. The van der Waals surface area contributed by atoms with Gasteiger partial charge in [-0.15, -0.1) is 0 Å². The van der Waals surface area contributed by atoms with Crippen molar-refractivity contribution in [2.45, 2.75) is 13.0 Å². The molecule has 0 aliphatic rings. The molecule has 0 aliphatic carbocycles. The van der Waals surface area contributed by atoms with E-state index in [-0.39, 0.29) is 5.91 Å². The zero-order valence-corrected chi connectivity index (χ0v) is 12.8. The van der Waals surface area contributed by atoms with Crippen LogP contribution in [0.4, 0.5) is 5.69 Å². The van der Waals surface area contributed by atoms with Gasteiger partial charge < -0.3 is 10.6 Å². The first-order chi connectivity index (χ1) is 9.67. The summed E-state index contributed by atoms with van der Waals surface area (Å²) in [5.74, 6) is 0.0194. The third kappa shape index (κ3) is 4.35. The van der Waals surface area contributed by atoms with E-state index >= 15 is 0 Å². The highest BCUT2D eigenvalue weighted by atomic mass is 79.9. The fraction of sp³-hybridized carbons (Fsp3) is 0.200. The number of anilines is 1.